The molecular formula is C13H18O4. The first-order valence-corrected chi connectivity index (χ1v) is 5.74. The number of carboxylic acid groups (broad SMARTS) is 1. The van der Waals surface area contributed by atoms with Crippen molar-refractivity contribution in [3.05, 3.63) is 23.8 Å². The summed E-state index contributed by atoms with van der Waals surface area (Å²) in [7, 11) is 0. The summed E-state index contributed by atoms with van der Waals surface area (Å²) in [5.74, 6) is -1.12. The van der Waals surface area contributed by atoms with E-state index in [4.69, 9.17) is 9.84 Å². The highest BCUT2D eigenvalue weighted by Gasteiger charge is 2.28. The molecule has 0 aromatic carbocycles. The van der Waals surface area contributed by atoms with Crippen molar-refractivity contribution in [2.45, 2.75) is 33.1 Å². The summed E-state index contributed by atoms with van der Waals surface area (Å²) in [6, 6.07) is 0. The molecule has 0 aliphatic heterocycles. The van der Waals surface area contributed by atoms with Crippen LogP contribution >= 0.6 is 0 Å². The van der Waals surface area contributed by atoms with E-state index < -0.39 is 5.97 Å². The summed E-state index contributed by atoms with van der Waals surface area (Å²) >= 11 is 0. The molecule has 0 saturated carbocycles. The monoisotopic (exact) mass is 238 g/mol. The van der Waals surface area contributed by atoms with Gasteiger partial charge in [-0.3, -0.25) is 4.79 Å². The van der Waals surface area contributed by atoms with E-state index >= 15 is 0 Å². The van der Waals surface area contributed by atoms with Crippen molar-refractivity contribution in [2.24, 2.45) is 5.41 Å². The van der Waals surface area contributed by atoms with E-state index in [9.17, 15) is 9.59 Å². The van der Waals surface area contributed by atoms with Crippen molar-refractivity contribution in [2.75, 3.05) is 6.61 Å². The van der Waals surface area contributed by atoms with Gasteiger partial charge < -0.3 is 9.84 Å². The fraction of sp³-hybridized carbons (Fsp3) is 0.538. The second-order valence-electron chi connectivity index (χ2n) is 4.49. The summed E-state index contributed by atoms with van der Waals surface area (Å²) in [5, 5.41) is 8.94. The van der Waals surface area contributed by atoms with E-state index in [1.54, 1.807) is 19.1 Å². The molecule has 1 unspecified atom stereocenters. The van der Waals surface area contributed by atoms with Crippen LogP contribution in [0.25, 0.3) is 0 Å². The standard InChI is InChI=1S/C13H18O4/c1-3-17-11(14)6-8-13(2)7-4-5-10(9-13)12(15)16/h4-5,7H,3,6,8-9H2,1-2H3,(H,15,16). The molecule has 4 nitrogen and oxygen atoms in total. The number of hydrogen-bond donors (Lipinski definition) is 1. The smallest absolute Gasteiger partial charge is 0.331 e. The molecule has 0 fully saturated rings. The summed E-state index contributed by atoms with van der Waals surface area (Å²) in [4.78, 5) is 22.2. The van der Waals surface area contributed by atoms with Gasteiger partial charge in [0.2, 0.25) is 0 Å². The molecule has 17 heavy (non-hydrogen) atoms. The van der Waals surface area contributed by atoms with Crippen LogP contribution in [-0.2, 0) is 14.3 Å². The molecule has 0 spiro atoms. The molecule has 1 atom stereocenters. The third kappa shape index (κ3) is 4.06. The van der Waals surface area contributed by atoms with Gasteiger partial charge in [-0.25, -0.2) is 4.79 Å². The number of carbonyl (C=O) groups is 2. The number of ether oxygens (including phenoxy) is 1. The highest BCUT2D eigenvalue weighted by atomic mass is 16.5. The van der Waals surface area contributed by atoms with Gasteiger partial charge >= 0.3 is 11.9 Å². The second-order valence-corrected chi connectivity index (χ2v) is 4.49. The Bertz CT molecular complexity index is 368. The Kier molecular flexibility index (Phi) is 4.49. The van der Waals surface area contributed by atoms with Gasteiger partial charge in [0.05, 0.1) is 6.61 Å². The van der Waals surface area contributed by atoms with Gasteiger partial charge in [-0.15, -0.1) is 0 Å². The van der Waals surface area contributed by atoms with Gasteiger partial charge in [-0.2, -0.15) is 0 Å². The average Bonchev–Trinajstić information content (AvgIpc) is 2.27. The van der Waals surface area contributed by atoms with Gasteiger partial charge in [0, 0.05) is 12.0 Å². The zero-order valence-electron chi connectivity index (χ0n) is 10.2. The van der Waals surface area contributed by atoms with Crippen LogP contribution in [0.4, 0.5) is 0 Å². The van der Waals surface area contributed by atoms with Crippen LogP contribution in [-0.4, -0.2) is 23.7 Å². The Balaban J connectivity index is 2.54. The lowest BCUT2D eigenvalue weighted by molar-refractivity contribution is -0.143. The Labute approximate surface area is 101 Å². The lowest BCUT2D eigenvalue weighted by Gasteiger charge is -2.28. The highest BCUT2D eigenvalue weighted by Crippen LogP contribution is 2.35. The molecule has 94 valence electrons. The van der Waals surface area contributed by atoms with Crippen molar-refractivity contribution >= 4 is 11.9 Å². The summed E-state index contributed by atoms with van der Waals surface area (Å²) in [5.41, 5.74) is 0.119. The van der Waals surface area contributed by atoms with Crippen molar-refractivity contribution < 1.29 is 19.4 Å². The molecular weight excluding hydrogens is 220 g/mol. The molecule has 0 aromatic heterocycles. The topological polar surface area (TPSA) is 63.6 Å². The quantitative estimate of drug-likeness (QED) is 0.746. The van der Waals surface area contributed by atoms with E-state index in [1.807, 2.05) is 13.0 Å². The lowest BCUT2D eigenvalue weighted by atomic mass is 9.77. The minimum Gasteiger partial charge on any atom is -0.478 e. The van der Waals surface area contributed by atoms with E-state index in [-0.39, 0.29) is 11.4 Å². The van der Waals surface area contributed by atoms with Crippen molar-refractivity contribution in [1.82, 2.24) is 0 Å². The van der Waals surface area contributed by atoms with E-state index in [0.29, 0.717) is 31.4 Å². The first-order valence-electron chi connectivity index (χ1n) is 5.74. The van der Waals surface area contributed by atoms with Crippen molar-refractivity contribution in [3.63, 3.8) is 0 Å². The molecule has 4 heteroatoms. The molecule has 0 amide bonds. The van der Waals surface area contributed by atoms with Gasteiger partial charge in [0.1, 0.15) is 0 Å². The second kappa shape index (κ2) is 5.66. The van der Waals surface area contributed by atoms with E-state index in [1.165, 1.54) is 0 Å². The van der Waals surface area contributed by atoms with Crippen LogP contribution in [0.15, 0.2) is 23.8 Å². The molecule has 1 aliphatic carbocycles. The van der Waals surface area contributed by atoms with Crippen LogP contribution in [0, 0.1) is 5.41 Å². The molecule has 0 heterocycles. The molecule has 0 radical (unpaired) electrons. The normalized spacial score (nSPS) is 23.1. The number of aliphatic carboxylic acids is 1. The summed E-state index contributed by atoms with van der Waals surface area (Å²) < 4.78 is 4.86. The van der Waals surface area contributed by atoms with Gasteiger partial charge in [-0.05, 0) is 25.2 Å². The number of allylic oxidation sites excluding steroid dienone is 3. The largest absolute Gasteiger partial charge is 0.478 e. The molecule has 1 rings (SSSR count). The summed E-state index contributed by atoms with van der Waals surface area (Å²) in [6.45, 7) is 4.11. The van der Waals surface area contributed by atoms with Gasteiger partial charge in [-0.1, -0.05) is 25.2 Å². The van der Waals surface area contributed by atoms with Crippen LogP contribution < -0.4 is 0 Å². The fourth-order valence-electron chi connectivity index (χ4n) is 1.89. The molecule has 1 N–H and O–H groups in total. The maximum Gasteiger partial charge on any atom is 0.331 e. The van der Waals surface area contributed by atoms with Crippen LogP contribution in [0.2, 0.25) is 0 Å². The zero-order chi connectivity index (χ0) is 12.9. The number of rotatable bonds is 5. The fourth-order valence-corrected chi connectivity index (χ4v) is 1.89. The molecule has 0 bridgehead atoms. The predicted molar refractivity (Wildman–Crippen MR) is 63.4 cm³/mol. The molecule has 0 saturated heterocycles. The molecule has 0 aromatic rings. The third-order valence-electron chi connectivity index (χ3n) is 2.87. The predicted octanol–water partition coefficient (Wildman–Crippen LogP) is 2.31. The minimum absolute atomic E-state index is 0.228. The zero-order valence-corrected chi connectivity index (χ0v) is 10.2. The maximum absolute atomic E-state index is 11.3. The Morgan fingerprint density at radius 3 is 2.82 bits per heavy atom. The SMILES string of the molecule is CCOC(=O)CCC1(C)C=CC=C(C(=O)O)C1. The number of esters is 1. The number of carbonyl (C=O) groups excluding carboxylic acids is 1. The Hall–Kier alpha value is -1.58. The van der Waals surface area contributed by atoms with Gasteiger partial charge in [0.25, 0.3) is 0 Å². The van der Waals surface area contributed by atoms with Crippen LogP contribution in [0.1, 0.15) is 33.1 Å². The number of hydrogen-bond acceptors (Lipinski definition) is 3. The first kappa shape index (κ1) is 13.5. The van der Waals surface area contributed by atoms with Crippen molar-refractivity contribution in [1.29, 1.82) is 0 Å². The third-order valence-corrected chi connectivity index (χ3v) is 2.87. The highest BCUT2D eigenvalue weighted by molar-refractivity contribution is 5.87. The minimum atomic E-state index is -0.892. The molecule has 1 aliphatic rings. The van der Waals surface area contributed by atoms with Gasteiger partial charge in [0.15, 0.2) is 0 Å². The van der Waals surface area contributed by atoms with E-state index in [0.717, 1.165) is 0 Å². The lowest BCUT2D eigenvalue weighted by Crippen LogP contribution is -2.21. The van der Waals surface area contributed by atoms with E-state index in [2.05, 4.69) is 0 Å². The summed E-state index contributed by atoms with van der Waals surface area (Å²) in [6.07, 6.45) is 6.69. The van der Waals surface area contributed by atoms with Crippen LogP contribution in [0.5, 0.6) is 0 Å². The maximum atomic E-state index is 11.3. The van der Waals surface area contributed by atoms with Crippen molar-refractivity contribution in [3.8, 4) is 0 Å². The number of carboxylic acids is 1. The Morgan fingerprint density at radius 1 is 1.53 bits per heavy atom. The first-order chi connectivity index (χ1) is 7.97. The average molecular weight is 238 g/mol. The Morgan fingerprint density at radius 2 is 2.24 bits per heavy atom. The van der Waals surface area contributed by atoms with Crippen LogP contribution in [0.3, 0.4) is 0 Å².